The van der Waals surface area contributed by atoms with Crippen molar-refractivity contribution in [3.05, 3.63) is 11.6 Å². The molecule has 24 heavy (non-hydrogen) atoms. The van der Waals surface area contributed by atoms with E-state index in [1.165, 1.54) is 44.9 Å². The van der Waals surface area contributed by atoms with E-state index in [4.69, 9.17) is 0 Å². The topological polar surface area (TPSA) is 67.1 Å². The van der Waals surface area contributed by atoms with Crippen LogP contribution in [0.15, 0.2) is 4.99 Å². The zero-order valence-corrected chi connectivity index (χ0v) is 15.2. The van der Waals surface area contributed by atoms with Gasteiger partial charge in [0.15, 0.2) is 5.96 Å². The monoisotopic (exact) mass is 332 g/mol. The number of aliphatic imine (C=N–C) groups is 1. The number of aryl methyl sites for hydroxylation is 2. The molecule has 6 heteroatoms. The van der Waals surface area contributed by atoms with E-state index in [9.17, 15) is 0 Å². The molecule has 1 aliphatic carbocycles. The van der Waals surface area contributed by atoms with Crippen LogP contribution in [0, 0.1) is 12.8 Å². The molecule has 3 rings (SSSR count). The van der Waals surface area contributed by atoms with E-state index in [1.54, 1.807) is 0 Å². The number of nitrogens with one attached hydrogen (secondary N) is 2. The van der Waals surface area contributed by atoms with E-state index in [0.29, 0.717) is 0 Å². The van der Waals surface area contributed by atoms with E-state index in [2.05, 4.69) is 25.7 Å². The van der Waals surface area contributed by atoms with Gasteiger partial charge in [-0.1, -0.05) is 38.5 Å². The lowest BCUT2D eigenvalue weighted by Gasteiger charge is -2.25. The number of rotatable bonds is 6. The minimum atomic E-state index is 0.213. The normalized spacial score (nSPS) is 21.8. The molecule has 2 heterocycles. The molecule has 0 aromatic carbocycles. The van der Waals surface area contributed by atoms with Crippen LogP contribution >= 0.6 is 0 Å². The number of unbranched alkanes of at least 4 members (excludes halogenated alkanes) is 1. The highest BCUT2D eigenvalue weighted by atomic mass is 15.4. The van der Waals surface area contributed by atoms with Crippen LogP contribution in [0.2, 0.25) is 0 Å². The molecule has 0 spiro atoms. The number of fused-ring (bicyclic) bond motifs is 1. The van der Waals surface area contributed by atoms with Crippen molar-refractivity contribution in [3.63, 3.8) is 0 Å². The molecule has 1 fully saturated rings. The highest BCUT2D eigenvalue weighted by Gasteiger charge is 2.24. The quantitative estimate of drug-likeness (QED) is 0.477. The third-order valence-corrected chi connectivity index (χ3v) is 5.32. The van der Waals surface area contributed by atoms with E-state index >= 15 is 0 Å². The van der Waals surface area contributed by atoms with Crippen molar-refractivity contribution in [1.82, 2.24) is 25.4 Å². The highest BCUT2D eigenvalue weighted by molar-refractivity contribution is 5.80. The van der Waals surface area contributed by atoms with Crippen LogP contribution in [0.1, 0.15) is 75.5 Å². The fourth-order valence-electron chi connectivity index (χ4n) is 4.03. The molecule has 1 unspecified atom stereocenters. The van der Waals surface area contributed by atoms with Crippen LogP contribution in [-0.2, 0) is 6.54 Å². The minimum absolute atomic E-state index is 0.213. The Morgan fingerprint density at radius 1 is 1.21 bits per heavy atom. The molecule has 1 aliphatic heterocycles. The summed E-state index contributed by atoms with van der Waals surface area (Å²) in [7, 11) is 1.84. The number of hydrogen-bond acceptors (Lipinski definition) is 3. The van der Waals surface area contributed by atoms with E-state index in [0.717, 1.165) is 49.5 Å². The maximum Gasteiger partial charge on any atom is 0.191 e. The van der Waals surface area contributed by atoms with E-state index in [-0.39, 0.29) is 6.04 Å². The minimum Gasteiger partial charge on any atom is -0.356 e. The lowest BCUT2D eigenvalue weighted by atomic mass is 10.0. The summed E-state index contributed by atoms with van der Waals surface area (Å²) in [6, 6.07) is 0.213. The van der Waals surface area contributed by atoms with Crippen molar-refractivity contribution in [2.45, 2.75) is 77.3 Å². The summed E-state index contributed by atoms with van der Waals surface area (Å²) in [5.41, 5.74) is 0. The summed E-state index contributed by atoms with van der Waals surface area (Å²) in [6.45, 7) is 3.92. The van der Waals surface area contributed by atoms with Crippen LogP contribution < -0.4 is 10.6 Å². The molecule has 1 saturated carbocycles. The van der Waals surface area contributed by atoms with Gasteiger partial charge in [-0.3, -0.25) is 4.99 Å². The van der Waals surface area contributed by atoms with Crippen molar-refractivity contribution < 1.29 is 0 Å². The van der Waals surface area contributed by atoms with Crippen molar-refractivity contribution in [3.8, 4) is 0 Å². The first-order chi connectivity index (χ1) is 11.8. The maximum absolute atomic E-state index is 4.58. The molecular weight excluding hydrogens is 300 g/mol. The largest absolute Gasteiger partial charge is 0.356 e. The van der Waals surface area contributed by atoms with Crippen molar-refractivity contribution >= 4 is 5.96 Å². The maximum atomic E-state index is 4.58. The van der Waals surface area contributed by atoms with Crippen LogP contribution in [-0.4, -0.2) is 34.3 Å². The number of aromatic nitrogens is 3. The summed E-state index contributed by atoms with van der Waals surface area (Å²) >= 11 is 0. The van der Waals surface area contributed by atoms with Gasteiger partial charge in [-0.25, -0.2) is 9.67 Å². The summed E-state index contributed by atoms with van der Waals surface area (Å²) < 4.78 is 2.03. The Balaban J connectivity index is 1.40. The van der Waals surface area contributed by atoms with Gasteiger partial charge < -0.3 is 10.6 Å². The Labute approximate surface area is 145 Å². The summed E-state index contributed by atoms with van der Waals surface area (Å²) in [5.74, 6) is 3.78. The van der Waals surface area contributed by atoms with Crippen molar-refractivity contribution in [1.29, 1.82) is 0 Å². The summed E-state index contributed by atoms with van der Waals surface area (Å²) in [4.78, 5) is 8.95. The van der Waals surface area contributed by atoms with E-state index < -0.39 is 0 Å². The molecular formula is C18H32N6. The molecule has 1 aromatic heterocycles. The van der Waals surface area contributed by atoms with Crippen LogP contribution in [0.3, 0.4) is 0 Å². The molecule has 2 N–H and O–H groups in total. The van der Waals surface area contributed by atoms with Gasteiger partial charge in [-0.05, 0) is 32.1 Å². The van der Waals surface area contributed by atoms with Gasteiger partial charge in [-0.15, -0.1) is 0 Å². The molecule has 0 amide bonds. The second kappa shape index (κ2) is 8.49. The SMILES string of the molecule is CN=C(NCCCCC1CCCC1)NC1CCCn2nc(C)nc21. The molecule has 6 nitrogen and oxygen atoms in total. The first-order valence-corrected chi connectivity index (χ1v) is 9.65. The Hall–Kier alpha value is -1.59. The number of guanidine groups is 1. The zero-order chi connectivity index (χ0) is 16.8. The molecule has 0 radical (unpaired) electrons. The van der Waals surface area contributed by atoms with Gasteiger partial charge in [-0.2, -0.15) is 5.10 Å². The fourth-order valence-corrected chi connectivity index (χ4v) is 4.03. The van der Waals surface area contributed by atoms with Crippen molar-refractivity contribution in [2.75, 3.05) is 13.6 Å². The average Bonchev–Trinajstić information content (AvgIpc) is 3.22. The lowest BCUT2D eigenvalue weighted by molar-refractivity contribution is 0.397. The lowest BCUT2D eigenvalue weighted by Crippen LogP contribution is -2.41. The van der Waals surface area contributed by atoms with Gasteiger partial charge in [0.2, 0.25) is 0 Å². The Morgan fingerprint density at radius 3 is 2.83 bits per heavy atom. The van der Waals surface area contributed by atoms with Gasteiger partial charge >= 0.3 is 0 Å². The fraction of sp³-hybridized carbons (Fsp3) is 0.833. The molecule has 134 valence electrons. The van der Waals surface area contributed by atoms with Crippen LogP contribution in [0.4, 0.5) is 0 Å². The Morgan fingerprint density at radius 2 is 2.04 bits per heavy atom. The second-order valence-electron chi connectivity index (χ2n) is 7.22. The summed E-state index contributed by atoms with van der Waals surface area (Å²) in [5, 5.41) is 11.4. The first kappa shape index (κ1) is 17.2. The van der Waals surface area contributed by atoms with Gasteiger partial charge in [0, 0.05) is 20.1 Å². The molecule has 0 bridgehead atoms. The second-order valence-corrected chi connectivity index (χ2v) is 7.22. The molecule has 2 aliphatic rings. The smallest absolute Gasteiger partial charge is 0.191 e. The Kier molecular flexibility index (Phi) is 6.10. The number of hydrogen-bond donors (Lipinski definition) is 2. The molecule has 1 atom stereocenters. The highest BCUT2D eigenvalue weighted by Crippen LogP contribution is 2.28. The predicted octanol–water partition coefficient (Wildman–Crippen LogP) is 2.95. The predicted molar refractivity (Wildman–Crippen MR) is 97.0 cm³/mol. The molecule has 0 saturated heterocycles. The van der Waals surface area contributed by atoms with Gasteiger partial charge in [0.1, 0.15) is 11.6 Å². The van der Waals surface area contributed by atoms with Crippen molar-refractivity contribution in [2.24, 2.45) is 10.9 Å². The standard InChI is InChI=1S/C18H32N6/c1-14-21-17-16(11-7-13-24(17)23-14)22-18(19-2)20-12-6-5-10-15-8-3-4-9-15/h15-16H,3-13H2,1-2H3,(H2,19,20,22). The third-order valence-electron chi connectivity index (χ3n) is 5.32. The van der Waals surface area contributed by atoms with Crippen LogP contribution in [0.25, 0.3) is 0 Å². The molecule has 1 aromatic rings. The van der Waals surface area contributed by atoms with Gasteiger partial charge in [0.25, 0.3) is 0 Å². The Bertz CT molecular complexity index is 544. The van der Waals surface area contributed by atoms with Crippen LogP contribution in [0.5, 0.6) is 0 Å². The third kappa shape index (κ3) is 4.48. The first-order valence-electron chi connectivity index (χ1n) is 9.65. The number of nitrogens with zero attached hydrogens (tertiary/aromatic N) is 4. The average molecular weight is 332 g/mol. The zero-order valence-electron chi connectivity index (χ0n) is 15.2. The van der Waals surface area contributed by atoms with Gasteiger partial charge in [0.05, 0.1) is 6.04 Å². The van der Waals surface area contributed by atoms with E-state index in [1.807, 2.05) is 18.7 Å². The summed E-state index contributed by atoms with van der Waals surface area (Å²) in [6.07, 6.45) is 12.0.